The molecule has 0 aromatic heterocycles. The standard InChI is InChI=1S/C16H35O4PSi/c1-10-19-21(18,20-11-2)14(22(7,8)9)12-13(3)15(17)16(4,5)6/h12-13,15,17H,10-11H2,1-9H3/b14-12+. The summed E-state index contributed by atoms with van der Waals surface area (Å²) < 4.78 is 24.3. The number of aliphatic hydroxyl groups is 1. The first-order valence-corrected chi connectivity index (χ1v) is 13.1. The van der Waals surface area contributed by atoms with Gasteiger partial charge in [-0.25, -0.2) is 0 Å². The fourth-order valence-corrected chi connectivity index (χ4v) is 8.28. The Morgan fingerprint density at radius 1 is 1.18 bits per heavy atom. The summed E-state index contributed by atoms with van der Waals surface area (Å²) in [6, 6.07) is 0. The second kappa shape index (κ2) is 8.25. The van der Waals surface area contributed by atoms with E-state index < -0.39 is 21.8 Å². The van der Waals surface area contributed by atoms with Crippen molar-refractivity contribution in [3.63, 3.8) is 0 Å². The third kappa shape index (κ3) is 6.29. The Balaban J connectivity index is 5.83. The number of rotatable bonds is 8. The molecule has 0 heterocycles. The van der Waals surface area contributed by atoms with Crippen LogP contribution in [0.25, 0.3) is 0 Å². The topological polar surface area (TPSA) is 55.8 Å². The lowest BCUT2D eigenvalue weighted by Crippen LogP contribution is -2.33. The second-order valence-corrected chi connectivity index (χ2v) is 15.3. The molecule has 0 aromatic rings. The number of hydrogen-bond donors (Lipinski definition) is 1. The summed E-state index contributed by atoms with van der Waals surface area (Å²) in [6.45, 7) is 18.7. The van der Waals surface area contributed by atoms with Crippen LogP contribution in [0, 0.1) is 11.3 Å². The molecular formula is C16H35O4PSi. The van der Waals surface area contributed by atoms with Crippen LogP contribution in [0.3, 0.4) is 0 Å². The van der Waals surface area contributed by atoms with Crippen LogP contribution in [0.15, 0.2) is 11.0 Å². The number of hydrogen-bond acceptors (Lipinski definition) is 4. The summed E-state index contributed by atoms with van der Waals surface area (Å²) >= 11 is 0. The van der Waals surface area contributed by atoms with Crippen LogP contribution in [-0.2, 0) is 13.6 Å². The lowest BCUT2D eigenvalue weighted by atomic mass is 9.82. The molecule has 0 saturated carbocycles. The molecule has 0 rings (SSSR count). The molecule has 132 valence electrons. The Morgan fingerprint density at radius 3 is 1.86 bits per heavy atom. The van der Waals surface area contributed by atoms with Gasteiger partial charge in [-0.2, -0.15) is 0 Å². The largest absolute Gasteiger partial charge is 0.392 e. The van der Waals surface area contributed by atoms with Crippen LogP contribution in [-0.4, -0.2) is 32.5 Å². The van der Waals surface area contributed by atoms with Gasteiger partial charge < -0.3 is 14.2 Å². The summed E-state index contributed by atoms with van der Waals surface area (Å²) in [5.41, 5.74) is -0.234. The molecule has 22 heavy (non-hydrogen) atoms. The molecule has 6 heteroatoms. The third-order valence-corrected chi connectivity index (χ3v) is 9.94. The third-order valence-electron chi connectivity index (χ3n) is 3.47. The summed E-state index contributed by atoms with van der Waals surface area (Å²) in [5, 5.41) is 10.5. The minimum absolute atomic E-state index is 0.115. The van der Waals surface area contributed by atoms with Crippen molar-refractivity contribution >= 4 is 15.7 Å². The van der Waals surface area contributed by atoms with Crippen LogP contribution in [0.1, 0.15) is 41.5 Å². The van der Waals surface area contributed by atoms with Crippen molar-refractivity contribution in [2.75, 3.05) is 13.2 Å². The Labute approximate surface area is 137 Å². The maximum absolute atomic E-state index is 13.2. The highest BCUT2D eigenvalue weighted by Gasteiger charge is 2.39. The van der Waals surface area contributed by atoms with Gasteiger partial charge in [-0.3, -0.25) is 4.57 Å². The molecule has 2 unspecified atom stereocenters. The van der Waals surface area contributed by atoms with E-state index in [2.05, 4.69) is 19.6 Å². The molecule has 0 radical (unpaired) electrons. The van der Waals surface area contributed by atoms with E-state index >= 15 is 0 Å². The minimum Gasteiger partial charge on any atom is -0.392 e. The lowest BCUT2D eigenvalue weighted by molar-refractivity contribution is 0.0337. The average molecular weight is 351 g/mol. The lowest BCUT2D eigenvalue weighted by Gasteiger charge is -2.33. The van der Waals surface area contributed by atoms with Gasteiger partial charge in [0, 0.05) is 10.9 Å². The summed E-state index contributed by atoms with van der Waals surface area (Å²) in [6.07, 6.45) is 1.42. The zero-order valence-corrected chi connectivity index (χ0v) is 17.7. The van der Waals surface area contributed by atoms with Gasteiger partial charge in [-0.1, -0.05) is 53.4 Å². The first-order chi connectivity index (χ1) is 9.79. The number of aliphatic hydroxyl groups excluding tert-OH is 1. The first-order valence-electron chi connectivity index (χ1n) is 8.09. The molecule has 0 spiro atoms. The van der Waals surface area contributed by atoms with Crippen molar-refractivity contribution in [2.24, 2.45) is 11.3 Å². The van der Waals surface area contributed by atoms with E-state index in [-0.39, 0.29) is 11.3 Å². The van der Waals surface area contributed by atoms with Crippen LogP contribution in [0.2, 0.25) is 19.6 Å². The van der Waals surface area contributed by atoms with E-state index in [0.717, 1.165) is 4.94 Å². The zero-order chi connectivity index (χ0) is 17.8. The molecular weight excluding hydrogens is 315 g/mol. The van der Waals surface area contributed by atoms with E-state index in [4.69, 9.17) is 9.05 Å². The van der Waals surface area contributed by atoms with Crippen molar-refractivity contribution in [3.8, 4) is 0 Å². The van der Waals surface area contributed by atoms with Crippen molar-refractivity contribution in [1.29, 1.82) is 0 Å². The molecule has 0 aliphatic heterocycles. The highest BCUT2D eigenvalue weighted by molar-refractivity contribution is 7.62. The van der Waals surface area contributed by atoms with Crippen molar-refractivity contribution in [2.45, 2.75) is 67.3 Å². The Hall–Kier alpha value is 0.0669. The normalized spacial score (nSPS) is 17.5. The SMILES string of the molecule is CCOP(=O)(OCC)/C(=C\C(C)C(O)C(C)(C)C)[Si](C)(C)C. The molecule has 1 N–H and O–H groups in total. The average Bonchev–Trinajstić information content (AvgIpc) is 2.32. The van der Waals surface area contributed by atoms with Gasteiger partial charge in [0.05, 0.1) is 27.4 Å². The van der Waals surface area contributed by atoms with E-state index in [0.29, 0.717) is 13.2 Å². The maximum Gasteiger partial charge on any atom is 0.353 e. The highest BCUT2D eigenvalue weighted by Crippen LogP contribution is 2.59. The Morgan fingerprint density at radius 2 is 1.59 bits per heavy atom. The first kappa shape index (κ1) is 22.1. The van der Waals surface area contributed by atoms with Crippen molar-refractivity contribution < 1.29 is 18.7 Å². The molecule has 0 amide bonds. The van der Waals surface area contributed by atoms with Gasteiger partial charge in [-0.15, -0.1) is 0 Å². The molecule has 0 bridgehead atoms. The van der Waals surface area contributed by atoms with Gasteiger partial charge in [-0.05, 0) is 19.3 Å². The zero-order valence-electron chi connectivity index (χ0n) is 15.8. The second-order valence-electron chi connectivity index (χ2n) is 7.80. The molecule has 0 aliphatic carbocycles. The summed E-state index contributed by atoms with van der Waals surface area (Å²) in [5.74, 6) is -0.115. The molecule has 4 nitrogen and oxygen atoms in total. The van der Waals surface area contributed by atoms with Crippen LogP contribution >= 0.6 is 7.60 Å². The quantitative estimate of drug-likeness (QED) is 0.491. The minimum atomic E-state index is -3.29. The van der Waals surface area contributed by atoms with Gasteiger partial charge in [0.1, 0.15) is 0 Å². The molecule has 0 aromatic carbocycles. The highest BCUT2D eigenvalue weighted by atomic mass is 31.2. The fourth-order valence-electron chi connectivity index (χ4n) is 2.40. The van der Waals surface area contributed by atoms with Crippen LogP contribution in [0.5, 0.6) is 0 Å². The predicted octanol–water partition coefficient (Wildman–Crippen LogP) is 5.06. The van der Waals surface area contributed by atoms with E-state index in [1.165, 1.54) is 0 Å². The van der Waals surface area contributed by atoms with Crippen LogP contribution in [0.4, 0.5) is 0 Å². The predicted molar refractivity (Wildman–Crippen MR) is 96.9 cm³/mol. The van der Waals surface area contributed by atoms with Gasteiger partial charge >= 0.3 is 7.60 Å². The van der Waals surface area contributed by atoms with Gasteiger partial charge in [0.15, 0.2) is 0 Å². The van der Waals surface area contributed by atoms with Crippen molar-refractivity contribution in [3.05, 3.63) is 11.0 Å². The molecule has 0 saturated heterocycles. The van der Waals surface area contributed by atoms with Gasteiger partial charge in [0.25, 0.3) is 0 Å². The Kier molecular flexibility index (Phi) is 8.27. The summed E-state index contributed by atoms with van der Waals surface area (Å²) in [4.78, 5) is 0.777. The van der Waals surface area contributed by atoms with Gasteiger partial charge in [0.2, 0.25) is 0 Å². The van der Waals surface area contributed by atoms with Crippen LogP contribution < -0.4 is 0 Å². The monoisotopic (exact) mass is 350 g/mol. The molecule has 0 aliphatic rings. The Bertz CT molecular complexity index is 411. The summed E-state index contributed by atoms with van der Waals surface area (Å²) in [7, 11) is -5.21. The van der Waals surface area contributed by atoms with E-state index in [1.807, 2.05) is 47.6 Å². The maximum atomic E-state index is 13.2. The fraction of sp³-hybridized carbons (Fsp3) is 0.875. The van der Waals surface area contributed by atoms with E-state index in [1.54, 1.807) is 0 Å². The van der Waals surface area contributed by atoms with E-state index in [9.17, 15) is 9.67 Å². The van der Waals surface area contributed by atoms with Crippen molar-refractivity contribution in [1.82, 2.24) is 0 Å². The smallest absolute Gasteiger partial charge is 0.353 e. The molecule has 2 atom stereocenters. The molecule has 0 fully saturated rings.